The molecule has 1 saturated heterocycles. The number of fused-ring (bicyclic) bond motifs is 1. The lowest BCUT2D eigenvalue weighted by Gasteiger charge is -2.32. The topological polar surface area (TPSA) is 133 Å². The van der Waals surface area contributed by atoms with E-state index < -0.39 is 6.03 Å². The Kier molecular flexibility index (Phi) is 6.38. The lowest BCUT2D eigenvalue weighted by Crippen LogP contribution is -2.46. The van der Waals surface area contributed by atoms with E-state index >= 15 is 0 Å². The molecular weight excluding hydrogens is 456 g/mol. The highest BCUT2D eigenvalue weighted by atomic mass is 16.2. The highest BCUT2D eigenvalue weighted by molar-refractivity contribution is 6.00. The maximum Gasteiger partial charge on any atom is 0.323 e. The van der Waals surface area contributed by atoms with Crippen molar-refractivity contribution >= 4 is 28.9 Å². The molecule has 3 heterocycles. The van der Waals surface area contributed by atoms with Crippen LogP contribution in [0.3, 0.4) is 0 Å². The van der Waals surface area contributed by atoms with Crippen molar-refractivity contribution < 1.29 is 4.79 Å². The SMILES string of the molecule is N#Cc1ccccc1Cn1c(N2CCC[C@@H](N)C2)nn2cc(NC(=O)Nc3ccccc3)cc2c1=O. The summed E-state index contributed by atoms with van der Waals surface area (Å²) in [5.74, 6) is 0.478. The molecule has 0 radical (unpaired) electrons. The zero-order chi connectivity index (χ0) is 25.1. The van der Waals surface area contributed by atoms with Crippen LogP contribution in [0.15, 0.2) is 71.7 Å². The summed E-state index contributed by atoms with van der Waals surface area (Å²) < 4.78 is 3.07. The molecule has 2 amide bonds. The van der Waals surface area contributed by atoms with Gasteiger partial charge in [0.05, 0.1) is 30.1 Å². The maximum absolute atomic E-state index is 13.7. The summed E-state index contributed by atoms with van der Waals surface area (Å²) in [5, 5.41) is 19.8. The van der Waals surface area contributed by atoms with Crippen LogP contribution in [0.4, 0.5) is 22.1 Å². The molecule has 1 aliphatic heterocycles. The van der Waals surface area contributed by atoms with E-state index in [-0.39, 0.29) is 18.1 Å². The molecule has 1 atom stereocenters. The van der Waals surface area contributed by atoms with Gasteiger partial charge in [-0.3, -0.25) is 9.36 Å². The van der Waals surface area contributed by atoms with E-state index in [1.807, 2.05) is 35.2 Å². The predicted molar refractivity (Wildman–Crippen MR) is 138 cm³/mol. The van der Waals surface area contributed by atoms with Crippen LogP contribution in [0.1, 0.15) is 24.0 Å². The van der Waals surface area contributed by atoms with Gasteiger partial charge in [0.2, 0.25) is 5.95 Å². The van der Waals surface area contributed by atoms with Gasteiger partial charge in [0, 0.05) is 24.8 Å². The number of hydrogen-bond acceptors (Lipinski definition) is 6. The van der Waals surface area contributed by atoms with Crippen molar-refractivity contribution in [1.29, 1.82) is 5.26 Å². The van der Waals surface area contributed by atoms with E-state index in [1.54, 1.807) is 41.1 Å². The number of para-hydroxylation sites is 1. The second-order valence-electron chi connectivity index (χ2n) is 8.81. The van der Waals surface area contributed by atoms with Crippen LogP contribution in [0.5, 0.6) is 0 Å². The average molecular weight is 483 g/mol. The van der Waals surface area contributed by atoms with Crippen LogP contribution < -0.4 is 26.8 Å². The minimum absolute atomic E-state index is 0.0187. The standard InChI is InChI=1S/C26H26N8O2/c27-14-18-7-4-5-8-19(18)15-33-24(35)23-13-22(30-25(36)29-21-10-2-1-3-11-21)17-34(23)31-26(33)32-12-6-9-20(28)16-32/h1-5,7-8,10-11,13,17,20H,6,9,12,15-16,28H2,(H2,29,30,36)/t20-/m1/s1. The molecule has 0 bridgehead atoms. The molecule has 2 aromatic carbocycles. The molecule has 36 heavy (non-hydrogen) atoms. The lowest BCUT2D eigenvalue weighted by atomic mass is 10.1. The van der Waals surface area contributed by atoms with E-state index in [0.29, 0.717) is 34.9 Å². The van der Waals surface area contributed by atoms with Crippen LogP contribution in [0, 0.1) is 11.3 Å². The van der Waals surface area contributed by atoms with Crippen LogP contribution in [0.25, 0.3) is 5.52 Å². The van der Waals surface area contributed by atoms with Crippen LogP contribution in [-0.4, -0.2) is 39.3 Å². The monoisotopic (exact) mass is 482 g/mol. The number of aromatic nitrogens is 3. The second-order valence-corrected chi connectivity index (χ2v) is 8.81. The van der Waals surface area contributed by atoms with Crippen molar-refractivity contribution in [3.8, 4) is 6.07 Å². The summed E-state index contributed by atoms with van der Waals surface area (Å²) in [5.41, 5.74) is 8.57. The number of benzene rings is 2. The van der Waals surface area contributed by atoms with E-state index in [0.717, 1.165) is 24.9 Å². The number of nitrogens with two attached hydrogens (primary N) is 1. The van der Waals surface area contributed by atoms with Crippen LogP contribution in [0.2, 0.25) is 0 Å². The quantitative estimate of drug-likeness (QED) is 0.400. The Labute approximate surface area is 207 Å². The predicted octanol–water partition coefficient (Wildman–Crippen LogP) is 2.99. The van der Waals surface area contributed by atoms with Gasteiger partial charge in [-0.15, -0.1) is 5.10 Å². The summed E-state index contributed by atoms with van der Waals surface area (Å²) in [4.78, 5) is 28.2. The third-order valence-electron chi connectivity index (χ3n) is 6.20. The first-order valence-electron chi connectivity index (χ1n) is 11.8. The van der Waals surface area contributed by atoms with Crippen molar-refractivity contribution in [1.82, 2.24) is 14.2 Å². The van der Waals surface area contributed by atoms with Gasteiger partial charge in [-0.2, -0.15) is 5.26 Å². The third kappa shape index (κ3) is 4.78. The number of hydrogen-bond donors (Lipinski definition) is 3. The number of amides is 2. The van der Waals surface area contributed by atoms with Gasteiger partial charge in [-0.1, -0.05) is 36.4 Å². The number of carbonyl (C=O) groups is 1. The van der Waals surface area contributed by atoms with E-state index in [1.165, 1.54) is 4.52 Å². The summed E-state index contributed by atoms with van der Waals surface area (Å²) in [6, 6.07) is 19.6. The van der Waals surface area contributed by atoms with Crippen molar-refractivity contribution in [2.24, 2.45) is 5.73 Å². The number of urea groups is 1. The molecule has 0 aliphatic carbocycles. The number of carbonyl (C=O) groups excluding carboxylic acids is 1. The van der Waals surface area contributed by atoms with Gasteiger partial charge < -0.3 is 21.3 Å². The van der Waals surface area contributed by atoms with Crippen LogP contribution in [-0.2, 0) is 6.54 Å². The Morgan fingerprint density at radius 3 is 2.64 bits per heavy atom. The Morgan fingerprint density at radius 2 is 1.86 bits per heavy atom. The number of anilines is 3. The molecule has 4 N–H and O–H groups in total. The molecule has 0 unspecified atom stereocenters. The zero-order valence-corrected chi connectivity index (χ0v) is 19.6. The molecule has 10 heteroatoms. The molecule has 5 rings (SSSR count). The number of nitriles is 1. The first-order chi connectivity index (χ1) is 17.5. The molecule has 4 aromatic rings. The Morgan fingerprint density at radius 1 is 1.11 bits per heavy atom. The van der Waals surface area contributed by atoms with Crippen molar-refractivity contribution in [2.75, 3.05) is 28.6 Å². The fourth-order valence-corrected chi connectivity index (χ4v) is 4.46. The second kappa shape index (κ2) is 9.93. The van der Waals surface area contributed by atoms with Gasteiger partial charge in [0.1, 0.15) is 5.52 Å². The molecule has 2 aromatic heterocycles. The first-order valence-corrected chi connectivity index (χ1v) is 11.8. The molecule has 1 aliphatic rings. The normalized spacial score (nSPS) is 15.4. The van der Waals surface area contributed by atoms with Gasteiger partial charge in [0.15, 0.2) is 0 Å². The number of piperidine rings is 1. The van der Waals surface area contributed by atoms with Crippen molar-refractivity contribution in [3.05, 3.63) is 88.3 Å². The molecule has 0 spiro atoms. The summed E-state index contributed by atoms with van der Waals surface area (Å²) in [6.45, 7) is 1.48. The minimum atomic E-state index is -0.428. The molecule has 182 valence electrons. The Hall–Kier alpha value is -4.62. The Bertz CT molecular complexity index is 1500. The fraction of sp³-hybridized carbons (Fsp3) is 0.231. The first kappa shape index (κ1) is 23.1. The number of nitrogens with one attached hydrogen (secondary N) is 2. The van der Waals surface area contributed by atoms with Crippen molar-refractivity contribution in [3.63, 3.8) is 0 Å². The zero-order valence-electron chi connectivity index (χ0n) is 19.6. The van der Waals surface area contributed by atoms with Crippen molar-refractivity contribution in [2.45, 2.75) is 25.4 Å². The highest BCUT2D eigenvalue weighted by Crippen LogP contribution is 2.21. The van der Waals surface area contributed by atoms with Gasteiger partial charge in [-0.05, 0) is 42.7 Å². The number of nitrogens with zero attached hydrogens (tertiary/aromatic N) is 5. The average Bonchev–Trinajstić information content (AvgIpc) is 3.29. The maximum atomic E-state index is 13.7. The van der Waals surface area contributed by atoms with E-state index in [4.69, 9.17) is 10.8 Å². The molecule has 1 fully saturated rings. The highest BCUT2D eigenvalue weighted by Gasteiger charge is 2.24. The summed E-state index contributed by atoms with van der Waals surface area (Å²) in [7, 11) is 0. The molecule has 10 nitrogen and oxygen atoms in total. The van der Waals surface area contributed by atoms with Gasteiger partial charge in [-0.25, -0.2) is 9.31 Å². The third-order valence-corrected chi connectivity index (χ3v) is 6.20. The van der Waals surface area contributed by atoms with E-state index in [2.05, 4.69) is 16.7 Å². The Balaban J connectivity index is 1.53. The minimum Gasteiger partial charge on any atom is -0.339 e. The summed E-state index contributed by atoms with van der Waals surface area (Å²) >= 11 is 0. The van der Waals surface area contributed by atoms with Gasteiger partial charge >= 0.3 is 6.03 Å². The summed E-state index contributed by atoms with van der Waals surface area (Å²) in [6.07, 6.45) is 3.42. The van der Waals surface area contributed by atoms with Crippen LogP contribution >= 0.6 is 0 Å². The number of rotatable bonds is 5. The smallest absolute Gasteiger partial charge is 0.323 e. The van der Waals surface area contributed by atoms with Gasteiger partial charge in [0.25, 0.3) is 5.56 Å². The molecule has 0 saturated carbocycles. The molecular formula is C26H26N8O2. The lowest BCUT2D eigenvalue weighted by molar-refractivity contribution is 0.262. The largest absolute Gasteiger partial charge is 0.339 e. The fourth-order valence-electron chi connectivity index (χ4n) is 4.46. The van der Waals surface area contributed by atoms with E-state index in [9.17, 15) is 14.9 Å².